The van der Waals surface area contributed by atoms with E-state index < -0.39 is 0 Å². The highest BCUT2D eigenvalue weighted by Crippen LogP contribution is 2.45. The first-order chi connectivity index (χ1) is 4.64. The van der Waals surface area contributed by atoms with Gasteiger partial charge in [0, 0.05) is 17.4 Å². The molecule has 1 aliphatic heterocycles. The first-order valence-electron chi connectivity index (χ1n) is 3.92. The van der Waals surface area contributed by atoms with E-state index in [-0.39, 0.29) is 5.41 Å². The van der Waals surface area contributed by atoms with Gasteiger partial charge in [-0.15, -0.1) is 0 Å². The van der Waals surface area contributed by atoms with Crippen molar-refractivity contribution in [2.45, 2.75) is 26.3 Å². The molecule has 2 rings (SSSR count). The first-order valence-corrected chi connectivity index (χ1v) is 3.92. The van der Waals surface area contributed by atoms with Gasteiger partial charge in [0.05, 0.1) is 0 Å². The second-order valence-corrected chi connectivity index (χ2v) is 3.91. The van der Waals surface area contributed by atoms with Crippen LogP contribution in [0.2, 0.25) is 0 Å². The zero-order valence-electron chi connectivity index (χ0n) is 6.48. The van der Waals surface area contributed by atoms with E-state index in [0.717, 1.165) is 13.0 Å². The summed E-state index contributed by atoms with van der Waals surface area (Å²) in [6.45, 7) is 5.11. The van der Waals surface area contributed by atoms with Gasteiger partial charge in [0.1, 0.15) is 5.78 Å². The summed E-state index contributed by atoms with van der Waals surface area (Å²) in [7, 11) is 0. The summed E-state index contributed by atoms with van der Waals surface area (Å²) in [5.74, 6) is 0.817. The van der Waals surface area contributed by atoms with E-state index in [9.17, 15) is 4.79 Å². The largest absolute Gasteiger partial charge is 0.312 e. The van der Waals surface area contributed by atoms with E-state index in [2.05, 4.69) is 5.32 Å². The lowest BCUT2D eigenvalue weighted by Gasteiger charge is -2.45. The second kappa shape index (κ2) is 1.62. The van der Waals surface area contributed by atoms with E-state index >= 15 is 0 Å². The molecule has 2 nitrogen and oxygen atoms in total. The molecule has 0 aromatic carbocycles. The maximum Gasteiger partial charge on any atom is 0.144 e. The number of nitrogens with one attached hydrogen (secondary N) is 1. The minimum absolute atomic E-state index is 0.0683. The highest BCUT2D eigenvalue weighted by Gasteiger charge is 2.57. The van der Waals surface area contributed by atoms with Crippen molar-refractivity contribution < 1.29 is 4.79 Å². The van der Waals surface area contributed by atoms with Crippen LogP contribution in [0.3, 0.4) is 0 Å². The third kappa shape index (κ3) is 0.511. The van der Waals surface area contributed by atoms with Gasteiger partial charge in [-0.05, 0) is 13.0 Å². The molecule has 0 aromatic rings. The fourth-order valence-corrected chi connectivity index (χ4v) is 2.28. The molecule has 10 heavy (non-hydrogen) atoms. The van der Waals surface area contributed by atoms with Crippen LogP contribution in [0.25, 0.3) is 0 Å². The molecule has 2 fully saturated rings. The molecule has 2 aliphatic rings. The van der Waals surface area contributed by atoms with Crippen molar-refractivity contribution in [1.29, 1.82) is 0 Å². The van der Waals surface area contributed by atoms with Crippen LogP contribution in [0, 0.1) is 11.3 Å². The lowest BCUT2D eigenvalue weighted by atomic mass is 9.59. The van der Waals surface area contributed by atoms with Gasteiger partial charge in [-0.1, -0.05) is 13.8 Å². The van der Waals surface area contributed by atoms with Crippen LogP contribution < -0.4 is 5.32 Å². The molecule has 0 bridgehead atoms. The molecular weight excluding hydrogens is 126 g/mol. The summed E-state index contributed by atoms with van der Waals surface area (Å²) >= 11 is 0. The summed E-state index contributed by atoms with van der Waals surface area (Å²) < 4.78 is 0. The van der Waals surface area contributed by atoms with E-state index in [0.29, 0.717) is 17.7 Å². The normalized spacial score (nSPS) is 42.8. The molecule has 0 unspecified atom stereocenters. The maximum atomic E-state index is 11.3. The minimum Gasteiger partial charge on any atom is -0.312 e. The summed E-state index contributed by atoms with van der Waals surface area (Å²) in [5.41, 5.74) is -0.0683. The van der Waals surface area contributed by atoms with Crippen LogP contribution in [-0.4, -0.2) is 18.4 Å². The van der Waals surface area contributed by atoms with Gasteiger partial charge in [-0.25, -0.2) is 0 Å². The van der Waals surface area contributed by atoms with Crippen LogP contribution >= 0.6 is 0 Å². The number of carbonyl (C=O) groups is 1. The number of hydrogen-bond donors (Lipinski definition) is 1. The Morgan fingerprint density at radius 3 is 2.90 bits per heavy atom. The molecule has 1 N–H and O–H groups in total. The second-order valence-electron chi connectivity index (χ2n) is 3.91. The number of ketones is 1. The van der Waals surface area contributed by atoms with E-state index in [1.54, 1.807) is 0 Å². The summed E-state index contributed by atoms with van der Waals surface area (Å²) in [6.07, 6.45) is 1.06. The Morgan fingerprint density at radius 1 is 1.60 bits per heavy atom. The molecule has 2 heteroatoms. The van der Waals surface area contributed by atoms with Gasteiger partial charge in [0.15, 0.2) is 0 Å². The van der Waals surface area contributed by atoms with Crippen LogP contribution in [0.4, 0.5) is 0 Å². The SMILES string of the molecule is CC1(C)C(=O)[C@H]2CCN[C@H]21. The van der Waals surface area contributed by atoms with Crippen LogP contribution in [0.15, 0.2) is 0 Å². The monoisotopic (exact) mass is 139 g/mol. The number of hydrogen-bond acceptors (Lipinski definition) is 2. The van der Waals surface area contributed by atoms with Crippen molar-refractivity contribution in [3.8, 4) is 0 Å². The summed E-state index contributed by atoms with van der Waals surface area (Å²) in [4.78, 5) is 11.3. The quantitative estimate of drug-likeness (QED) is 0.531. The van der Waals surface area contributed by atoms with Crippen LogP contribution in [-0.2, 0) is 4.79 Å². The highest BCUT2D eigenvalue weighted by molar-refractivity contribution is 5.95. The Labute approximate surface area is 61.0 Å². The molecule has 1 saturated carbocycles. The summed E-state index contributed by atoms with van der Waals surface area (Å²) in [6, 6.07) is 0.486. The molecule has 0 spiro atoms. The molecule has 1 heterocycles. The number of fused-ring (bicyclic) bond motifs is 1. The molecular formula is C8H13NO. The Hall–Kier alpha value is -0.370. The van der Waals surface area contributed by atoms with Crippen molar-refractivity contribution in [2.75, 3.05) is 6.54 Å². The molecule has 0 amide bonds. The molecule has 1 aliphatic carbocycles. The fraction of sp³-hybridized carbons (Fsp3) is 0.875. The van der Waals surface area contributed by atoms with Crippen molar-refractivity contribution in [2.24, 2.45) is 11.3 Å². The smallest absolute Gasteiger partial charge is 0.144 e. The topological polar surface area (TPSA) is 29.1 Å². The highest BCUT2D eigenvalue weighted by atomic mass is 16.1. The predicted octanol–water partition coefficient (Wildman–Crippen LogP) is 0.573. The Bertz CT molecular complexity index is 186. The van der Waals surface area contributed by atoms with Crippen LogP contribution in [0.1, 0.15) is 20.3 Å². The van der Waals surface area contributed by atoms with E-state index in [4.69, 9.17) is 0 Å². The Balaban J connectivity index is 2.23. The van der Waals surface area contributed by atoms with E-state index in [1.165, 1.54) is 0 Å². The van der Waals surface area contributed by atoms with E-state index in [1.807, 2.05) is 13.8 Å². The molecule has 0 radical (unpaired) electrons. The first kappa shape index (κ1) is 6.35. The predicted molar refractivity (Wildman–Crippen MR) is 38.7 cm³/mol. The van der Waals surface area contributed by atoms with Gasteiger partial charge in [0.2, 0.25) is 0 Å². The zero-order valence-corrected chi connectivity index (χ0v) is 6.48. The minimum atomic E-state index is -0.0683. The van der Waals surface area contributed by atoms with Crippen molar-refractivity contribution in [1.82, 2.24) is 5.32 Å². The standard InChI is InChI=1S/C8H13NO/c1-8(2)6-5(7(8)10)3-4-9-6/h5-6,9H,3-4H2,1-2H3/t5-,6+/m0/s1. The van der Waals surface area contributed by atoms with Gasteiger partial charge in [-0.3, -0.25) is 4.79 Å². The molecule has 1 saturated heterocycles. The molecule has 56 valence electrons. The lowest BCUT2D eigenvalue weighted by molar-refractivity contribution is -0.145. The summed E-state index contributed by atoms with van der Waals surface area (Å²) in [5, 5.41) is 3.36. The molecule has 0 aromatic heterocycles. The average Bonchev–Trinajstić information content (AvgIpc) is 2.31. The Kier molecular flexibility index (Phi) is 1.03. The van der Waals surface area contributed by atoms with Crippen molar-refractivity contribution >= 4 is 5.78 Å². The zero-order chi connectivity index (χ0) is 7.35. The van der Waals surface area contributed by atoms with Gasteiger partial charge in [0.25, 0.3) is 0 Å². The number of carbonyl (C=O) groups excluding carboxylic acids is 1. The molecule has 2 atom stereocenters. The fourth-order valence-electron chi connectivity index (χ4n) is 2.28. The van der Waals surface area contributed by atoms with Crippen molar-refractivity contribution in [3.63, 3.8) is 0 Å². The lowest BCUT2D eigenvalue weighted by Crippen LogP contribution is -2.60. The van der Waals surface area contributed by atoms with Crippen LogP contribution in [0.5, 0.6) is 0 Å². The maximum absolute atomic E-state index is 11.3. The van der Waals surface area contributed by atoms with Gasteiger partial charge < -0.3 is 5.32 Å². The average molecular weight is 139 g/mol. The van der Waals surface area contributed by atoms with Crippen molar-refractivity contribution in [3.05, 3.63) is 0 Å². The van der Waals surface area contributed by atoms with Gasteiger partial charge in [-0.2, -0.15) is 0 Å². The van der Waals surface area contributed by atoms with Gasteiger partial charge >= 0.3 is 0 Å². The third-order valence-corrected chi connectivity index (χ3v) is 2.97. The number of Topliss-reactive ketones (excluding diaryl/α,β-unsaturated/α-hetero) is 1. The third-order valence-electron chi connectivity index (χ3n) is 2.97. The number of rotatable bonds is 0. The Morgan fingerprint density at radius 2 is 2.30 bits per heavy atom.